The van der Waals surface area contributed by atoms with E-state index >= 15 is 0 Å². The van der Waals surface area contributed by atoms with E-state index in [1.165, 1.54) is 0 Å². The molecule has 0 radical (unpaired) electrons. The second-order valence-electron chi connectivity index (χ2n) is 3.37. The van der Waals surface area contributed by atoms with Crippen molar-refractivity contribution >= 4 is 15.8 Å². The zero-order valence-electron chi connectivity index (χ0n) is 9.60. The first-order valence-corrected chi connectivity index (χ1v) is 7.05. The molecular weight excluding hydrogens is 230 g/mol. The monoisotopic (exact) mass is 247 g/mol. The third kappa shape index (κ3) is 5.71. The molecule has 92 valence electrons. The van der Waals surface area contributed by atoms with Gasteiger partial charge in [0.05, 0.1) is 18.4 Å². The lowest BCUT2D eigenvalue weighted by molar-refractivity contribution is -0.146. The first-order valence-electron chi connectivity index (χ1n) is 5.23. The number of esters is 1. The van der Waals surface area contributed by atoms with Crippen molar-refractivity contribution in [2.45, 2.75) is 26.7 Å². The van der Waals surface area contributed by atoms with Crippen LogP contribution in [0.3, 0.4) is 0 Å². The van der Waals surface area contributed by atoms with Crippen molar-refractivity contribution in [3.63, 3.8) is 0 Å². The van der Waals surface area contributed by atoms with Crippen molar-refractivity contribution < 1.29 is 17.9 Å². The van der Waals surface area contributed by atoms with Crippen LogP contribution in [0.5, 0.6) is 0 Å². The van der Waals surface area contributed by atoms with Crippen molar-refractivity contribution in [3.05, 3.63) is 0 Å². The summed E-state index contributed by atoms with van der Waals surface area (Å²) in [6.07, 6.45) is 0.552. The number of hydrogen-bond acceptors (Lipinski definition) is 5. The van der Waals surface area contributed by atoms with Crippen LogP contribution in [-0.4, -0.2) is 32.5 Å². The van der Waals surface area contributed by atoms with Gasteiger partial charge in [-0.15, -0.1) is 0 Å². The van der Waals surface area contributed by atoms with Crippen LogP contribution in [-0.2, 0) is 19.4 Å². The van der Waals surface area contributed by atoms with Gasteiger partial charge in [0.2, 0.25) is 0 Å². The molecule has 6 heteroatoms. The Hall–Kier alpha value is -1.09. The molecule has 0 aromatic carbocycles. The minimum Gasteiger partial charge on any atom is -0.465 e. The molecule has 0 aliphatic carbocycles. The predicted octanol–water partition coefficient (Wildman–Crippen LogP) is 0.904. The van der Waals surface area contributed by atoms with Crippen molar-refractivity contribution in [2.75, 3.05) is 18.1 Å². The van der Waals surface area contributed by atoms with Crippen LogP contribution in [0.2, 0.25) is 0 Å². The SMILES string of the molecule is CCCS(=O)(=O)CCC(C#N)C(=O)OCC. The maximum atomic E-state index is 11.4. The van der Waals surface area contributed by atoms with E-state index in [1.807, 2.05) is 0 Å². The average Bonchev–Trinajstić information content (AvgIpc) is 2.18. The molecule has 0 spiro atoms. The molecule has 0 N–H and O–H groups in total. The number of ether oxygens (including phenoxy) is 1. The van der Waals surface area contributed by atoms with E-state index in [9.17, 15) is 13.2 Å². The highest BCUT2D eigenvalue weighted by Gasteiger charge is 2.22. The van der Waals surface area contributed by atoms with Gasteiger partial charge in [-0.05, 0) is 19.8 Å². The molecule has 0 aromatic heterocycles. The van der Waals surface area contributed by atoms with Crippen LogP contribution in [0.25, 0.3) is 0 Å². The molecule has 0 heterocycles. The van der Waals surface area contributed by atoms with E-state index in [1.54, 1.807) is 19.9 Å². The molecule has 0 amide bonds. The molecule has 0 fully saturated rings. The van der Waals surface area contributed by atoms with Crippen LogP contribution in [0.4, 0.5) is 0 Å². The number of rotatable bonds is 7. The van der Waals surface area contributed by atoms with Crippen molar-refractivity contribution in [2.24, 2.45) is 5.92 Å². The number of sulfone groups is 1. The molecule has 0 aliphatic rings. The summed E-state index contributed by atoms with van der Waals surface area (Å²) in [5.74, 6) is -1.67. The summed E-state index contributed by atoms with van der Waals surface area (Å²) in [6, 6.07) is 1.76. The number of hydrogen-bond donors (Lipinski definition) is 0. The Labute approximate surface area is 96.3 Å². The third-order valence-corrected chi connectivity index (χ3v) is 3.85. The Morgan fingerprint density at radius 1 is 1.38 bits per heavy atom. The van der Waals surface area contributed by atoms with Crippen LogP contribution in [0.1, 0.15) is 26.7 Å². The summed E-state index contributed by atoms with van der Waals surface area (Å²) in [5, 5.41) is 8.70. The molecule has 16 heavy (non-hydrogen) atoms. The lowest BCUT2D eigenvalue weighted by Crippen LogP contribution is -2.21. The summed E-state index contributed by atoms with van der Waals surface area (Å²) >= 11 is 0. The van der Waals surface area contributed by atoms with Gasteiger partial charge in [0.25, 0.3) is 0 Å². The maximum absolute atomic E-state index is 11.4. The van der Waals surface area contributed by atoms with E-state index < -0.39 is 21.7 Å². The van der Waals surface area contributed by atoms with Gasteiger partial charge >= 0.3 is 5.97 Å². The first-order chi connectivity index (χ1) is 7.46. The zero-order chi connectivity index (χ0) is 12.6. The molecule has 0 saturated carbocycles. The molecule has 0 saturated heterocycles. The fourth-order valence-electron chi connectivity index (χ4n) is 1.19. The van der Waals surface area contributed by atoms with Gasteiger partial charge in [-0.2, -0.15) is 5.26 Å². The number of carbonyl (C=O) groups is 1. The number of carbonyl (C=O) groups excluding carboxylic acids is 1. The van der Waals surface area contributed by atoms with Crippen molar-refractivity contribution in [1.29, 1.82) is 5.26 Å². The molecule has 0 aromatic rings. The largest absolute Gasteiger partial charge is 0.465 e. The minimum absolute atomic E-state index is 0.0116. The average molecular weight is 247 g/mol. The van der Waals surface area contributed by atoms with Gasteiger partial charge in [-0.1, -0.05) is 6.92 Å². The second kappa shape index (κ2) is 7.23. The Balaban J connectivity index is 4.27. The Bertz CT molecular complexity index is 356. The lowest BCUT2D eigenvalue weighted by Gasteiger charge is -2.08. The van der Waals surface area contributed by atoms with Gasteiger partial charge in [0.15, 0.2) is 0 Å². The molecule has 1 unspecified atom stereocenters. The highest BCUT2D eigenvalue weighted by atomic mass is 32.2. The number of nitrogens with zero attached hydrogens (tertiary/aromatic N) is 1. The Morgan fingerprint density at radius 3 is 2.44 bits per heavy atom. The lowest BCUT2D eigenvalue weighted by atomic mass is 10.1. The fraction of sp³-hybridized carbons (Fsp3) is 0.800. The summed E-state index contributed by atoms with van der Waals surface area (Å²) in [7, 11) is -3.14. The topological polar surface area (TPSA) is 84.2 Å². The third-order valence-electron chi connectivity index (χ3n) is 1.96. The maximum Gasteiger partial charge on any atom is 0.323 e. The standard InChI is InChI=1S/C10H17NO4S/c1-3-6-16(13,14)7-5-9(8-11)10(12)15-4-2/h9H,3-7H2,1-2H3. The van der Waals surface area contributed by atoms with E-state index in [0.29, 0.717) is 6.42 Å². The summed E-state index contributed by atoms with van der Waals surface area (Å²) in [5.41, 5.74) is 0. The fourth-order valence-corrected chi connectivity index (χ4v) is 2.61. The van der Waals surface area contributed by atoms with Crippen molar-refractivity contribution in [1.82, 2.24) is 0 Å². The van der Waals surface area contributed by atoms with E-state index in [4.69, 9.17) is 5.26 Å². The highest BCUT2D eigenvalue weighted by Crippen LogP contribution is 2.08. The number of nitriles is 1. The molecule has 5 nitrogen and oxygen atoms in total. The normalized spacial score (nSPS) is 12.8. The Morgan fingerprint density at radius 2 is 2.00 bits per heavy atom. The van der Waals surface area contributed by atoms with E-state index in [-0.39, 0.29) is 24.5 Å². The van der Waals surface area contributed by atoms with Gasteiger partial charge in [0, 0.05) is 5.75 Å². The smallest absolute Gasteiger partial charge is 0.323 e. The molecule has 0 rings (SSSR count). The summed E-state index contributed by atoms with van der Waals surface area (Å²) < 4.78 is 27.4. The zero-order valence-corrected chi connectivity index (χ0v) is 10.4. The second-order valence-corrected chi connectivity index (χ2v) is 5.68. The van der Waals surface area contributed by atoms with Gasteiger partial charge in [0.1, 0.15) is 15.8 Å². The predicted molar refractivity (Wildman–Crippen MR) is 59.3 cm³/mol. The van der Waals surface area contributed by atoms with E-state index in [2.05, 4.69) is 4.74 Å². The molecule has 0 aliphatic heterocycles. The van der Waals surface area contributed by atoms with Gasteiger partial charge in [-0.3, -0.25) is 4.79 Å². The molecule has 0 bridgehead atoms. The minimum atomic E-state index is -3.14. The van der Waals surface area contributed by atoms with Crippen LogP contribution >= 0.6 is 0 Å². The van der Waals surface area contributed by atoms with Crippen molar-refractivity contribution in [3.8, 4) is 6.07 Å². The quantitative estimate of drug-likeness (QED) is 0.624. The summed E-state index contributed by atoms with van der Waals surface area (Å²) in [4.78, 5) is 11.2. The Kier molecular flexibility index (Phi) is 6.74. The van der Waals surface area contributed by atoms with Gasteiger partial charge < -0.3 is 4.74 Å². The molecular formula is C10H17NO4S. The molecule has 1 atom stereocenters. The van der Waals surface area contributed by atoms with E-state index in [0.717, 1.165) is 0 Å². The van der Waals surface area contributed by atoms with Crippen LogP contribution < -0.4 is 0 Å². The van der Waals surface area contributed by atoms with Crippen LogP contribution in [0.15, 0.2) is 0 Å². The highest BCUT2D eigenvalue weighted by molar-refractivity contribution is 7.91. The summed E-state index contributed by atoms with van der Waals surface area (Å²) in [6.45, 7) is 3.60. The van der Waals surface area contributed by atoms with Crippen LogP contribution in [0, 0.1) is 17.2 Å². The first kappa shape index (κ1) is 14.9. The van der Waals surface area contributed by atoms with Gasteiger partial charge in [-0.25, -0.2) is 8.42 Å².